The van der Waals surface area contributed by atoms with Crippen molar-refractivity contribution in [2.45, 2.75) is 18.9 Å². The second-order valence-corrected chi connectivity index (χ2v) is 4.25. The lowest BCUT2D eigenvalue weighted by Gasteiger charge is -2.29. The number of nitrogens with zero attached hydrogens (tertiary/aromatic N) is 1. The van der Waals surface area contributed by atoms with Gasteiger partial charge in [0.2, 0.25) is 11.8 Å². The number of amides is 3. The zero-order valence-electron chi connectivity index (χ0n) is 9.94. The molecule has 0 bridgehead atoms. The average molecular weight is 246 g/mol. The van der Waals surface area contributed by atoms with Gasteiger partial charge in [0, 0.05) is 18.5 Å². The van der Waals surface area contributed by atoms with Gasteiger partial charge in [-0.2, -0.15) is 0 Å². The Morgan fingerprint density at radius 3 is 2.44 bits per heavy atom. The summed E-state index contributed by atoms with van der Waals surface area (Å²) < 4.78 is 0. The lowest BCUT2D eigenvalue weighted by molar-refractivity contribution is -0.142. The van der Waals surface area contributed by atoms with Gasteiger partial charge in [-0.3, -0.25) is 19.7 Å². The van der Waals surface area contributed by atoms with Crippen LogP contribution in [0.1, 0.15) is 12.8 Å². The number of hydrogen-bond acceptors (Lipinski definition) is 3. The van der Waals surface area contributed by atoms with Crippen LogP contribution in [-0.4, -0.2) is 35.2 Å². The molecule has 2 aliphatic heterocycles. The third kappa shape index (κ3) is 1.88. The van der Waals surface area contributed by atoms with Crippen LogP contribution in [0.25, 0.3) is 0 Å². The molecule has 0 aliphatic carbocycles. The number of carbonyl (C=O) groups is 3. The molecule has 94 valence electrons. The Kier molecular flexibility index (Phi) is 3.14. The second kappa shape index (κ2) is 4.60. The summed E-state index contributed by atoms with van der Waals surface area (Å²) in [5, 5.41) is 2.25. The van der Waals surface area contributed by atoms with Crippen LogP contribution in [0.5, 0.6) is 0 Å². The van der Waals surface area contributed by atoms with E-state index in [0.29, 0.717) is 18.5 Å². The van der Waals surface area contributed by atoms with Crippen LogP contribution < -0.4 is 5.32 Å². The third-order valence-corrected chi connectivity index (χ3v) is 3.21. The highest BCUT2D eigenvalue weighted by Crippen LogP contribution is 2.25. The van der Waals surface area contributed by atoms with E-state index in [0.717, 1.165) is 5.57 Å². The van der Waals surface area contributed by atoms with Gasteiger partial charge in [-0.1, -0.05) is 25.3 Å². The first-order valence-electron chi connectivity index (χ1n) is 5.71. The van der Waals surface area contributed by atoms with Crippen molar-refractivity contribution in [1.29, 1.82) is 0 Å². The number of imide groups is 1. The maximum absolute atomic E-state index is 12.1. The largest absolute Gasteiger partial charge is 0.322 e. The Bertz CT molecular complexity index is 490. The van der Waals surface area contributed by atoms with Crippen LogP contribution in [0.3, 0.4) is 0 Å². The predicted octanol–water partition coefficient (Wildman–Crippen LogP) is 0.302. The van der Waals surface area contributed by atoms with E-state index in [1.807, 2.05) is 0 Å². The van der Waals surface area contributed by atoms with Crippen molar-refractivity contribution in [1.82, 2.24) is 10.2 Å². The van der Waals surface area contributed by atoms with Gasteiger partial charge in [0.25, 0.3) is 5.91 Å². The van der Waals surface area contributed by atoms with E-state index in [-0.39, 0.29) is 18.2 Å². The SMILES string of the molecule is C=CC1=C(C=C)C(=O)N(C2CCC(=O)NC2=O)C1. The molecular weight excluding hydrogens is 232 g/mol. The lowest BCUT2D eigenvalue weighted by atomic mass is 10.0. The summed E-state index contributed by atoms with van der Waals surface area (Å²) in [6.07, 6.45) is 3.70. The number of carbonyl (C=O) groups excluding carboxylic acids is 3. The van der Waals surface area contributed by atoms with Crippen molar-refractivity contribution in [3.8, 4) is 0 Å². The molecule has 1 saturated heterocycles. The molecule has 0 radical (unpaired) electrons. The molecule has 18 heavy (non-hydrogen) atoms. The van der Waals surface area contributed by atoms with Crippen LogP contribution in [0.15, 0.2) is 36.5 Å². The maximum Gasteiger partial charge on any atom is 0.255 e. The van der Waals surface area contributed by atoms with Crippen molar-refractivity contribution >= 4 is 17.7 Å². The van der Waals surface area contributed by atoms with E-state index in [4.69, 9.17) is 0 Å². The van der Waals surface area contributed by atoms with Crippen LogP contribution in [-0.2, 0) is 14.4 Å². The molecule has 0 spiro atoms. The van der Waals surface area contributed by atoms with Crippen molar-refractivity contribution in [3.63, 3.8) is 0 Å². The van der Waals surface area contributed by atoms with Gasteiger partial charge < -0.3 is 4.90 Å². The molecule has 5 heteroatoms. The zero-order valence-corrected chi connectivity index (χ0v) is 9.94. The van der Waals surface area contributed by atoms with Gasteiger partial charge in [-0.05, 0) is 12.0 Å². The molecule has 5 nitrogen and oxygen atoms in total. The van der Waals surface area contributed by atoms with Gasteiger partial charge in [-0.15, -0.1) is 0 Å². The quantitative estimate of drug-likeness (QED) is 0.728. The topological polar surface area (TPSA) is 66.5 Å². The lowest BCUT2D eigenvalue weighted by Crippen LogP contribution is -2.53. The molecule has 0 aromatic carbocycles. The molecule has 2 aliphatic rings. The van der Waals surface area contributed by atoms with E-state index >= 15 is 0 Å². The highest BCUT2D eigenvalue weighted by molar-refractivity contribution is 6.06. The molecule has 2 heterocycles. The summed E-state index contributed by atoms with van der Waals surface area (Å²) in [5.74, 6) is -0.925. The standard InChI is InChI=1S/C13H14N2O3/c1-3-8-7-15(13(18)9(8)4-2)10-5-6-11(16)14-12(10)17/h3-4,10H,1-2,5-7H2,(H,14,16,17). The van der Waals surface area contributed by atoms with Crippen molar-refractivity contribution < 1.29 is 14.4 Å². The summed E-state index contributed by atoms with van der Waals surface area (Å²) in [4.78, 5) is 36.4. The third-order valence-electron chi connectivity index (χ3n) is 3.21. The minimum atomic E-state index is -0.581. The fraction of sp³-hybridized carbons (Fsp3) is 0.308. The van der Waals surface area contributed by atoms with Crippen LogP contribution in [0.2, 0.25) is 0 Å². The molecule has 3 amide bonds. The Morgan fingerprint density at radius 1 is 1.22 bits per heavy atom. The molecule has 1 fully saturated rings. The minimum Gasteiger partial charge on any atom is -0.322 e. The van der Waals surface area contributed by atoms with Crippen LogP contribution >= 0.6 is 0 Å². The first-order chi connectivity index (χ1) is 8.58. The molecule has 0 aromatic heterocycles. The summed E-state index contributed by atoms with van der Waals surface area (Å²) in [7, 11) is 0. The number of rotatable bonds is 3. The highest BCUT2D eigenvalue weighted by atomic mass is 16.2. The first kappa shape index (κ1) is 12.3. The molecule has 2 rings (SSSR count). The summed E-state index contributed by atoms with van der Waals surface area (Å²) in [6.45, 7) is 7.58. The highest BCUT2D eigenvalue weighted by Gasteiger charge is 2.38. The number of nitrogens with one attached hydrogen (secondary N) is 1. The maximum atomic E-state index is 12.1. The molecular formula is C13H14N2O3. The van der Waals surface area contributed by atoms with Gasteiger partial charge in [0.1, 0.15) is 6.04 Å². The smallest absolute Gasteiger partial charge is 0.255 e. The zero-order chi connectivity index (χ0) is 13.3. The Hall–Kier alpha value is -2.17. The normalized spacial score (nSPS) is 24.3. The summed E-state index contributed by atoms with van der Waals surface area (Å²) >= 11 is 0. The molecule has 0 aromatic rings. The van der Waals surface area contributed by atoms with E-state index in [9.17, 15) is 14.4 Å². The minimum absolute atomic E-state index is 0.227. The summed E-state index contributed by atoms with van der Waals surface area (Å²) in [5.41, 5.74) is 1.24. The fourth-order valence-corrected chi connectivity index (χ4v) is 2.26. The Balaban J connectivity index is 2.20. The van der Waals surface area contributed by atoms with E-state index in [2.05, 4.69) is 18.5 Å². The summed E-state index contributed by atoms with van der Waals surface area (Å²) in [6, 6.07) is -0.581. The molecule has 1 atom stereocenters. The first-order valence-corrected chi connectivity index (χ1v) is 5.71. The average Bonchev–Trinajstić information content (AvgIpc) is 2.66. The van der Waals surface area contributed by atoms with Crippen LogP contribution in [0.4, 0.5) is 0 Å². The van der Waals surface area contributed by atoms with Gasteiger partial charge in [0.15, 0.2) is 0 Å². The van der Waals surface area contributed by atoms with E-state index < -0.39 is 11.9 Å². The molecule has 0 saturated carbocycles. The van der Waals surface area contributed by atoms with Crippen molar-refractivity contribution in [3.05, 3.63) is 36.5 Å². The molecule has 1 unspecified atom stereocenters. The fourth-order valence-electron chi connectivity index (χ4n) is 2.26. The van der Waals surface area contributed by atoms with Gasteiger partial charge in [0.05, 0.1) is 0 Å². The molecule has 1 N–H and O–H groups in total. The Labute approximate surface area is 105 Å². The van der Waals surface area contributed by atoms with E-state index in [1.165, 1.54) is 11.0 Å². The van der Waals surface area contributed by atoms with Crippen molar-refractivity contribution in [2.75, 3.05) is 6.54 Å². The Morgan fingerprint density at radius 2 is 1.94 bits per heavy atom. The van der Waals surface area contributed by atoms with E-state index in [1.54, 1.807) is 6.08 Å². The second-order valence-electron chi connectivity index (χ2n) is 4.25. The van der Waals surface area contributed by atoms with Crippen molar-refractivity contribution in [2.24, 2.45) is 0 Å². The number of hydrogen-bond donors (Lipinski definition) is 1. The van der Waals surface area contributed by atoms with Gasteiger partial charge >= 0.3 is 0 Å². The van der Waals surface area contributed by atoms with Crippen LogP contribution in [0, 0.1) is 0 Å². The monoisotopic (exact) mass is 246 g/mol. The van der Waals surface area contributed by atoms with Gasteiger partial charge in [-0.25, -0.2) is 0 Å². The number of piperidine rings is 1. The predicted molar refractivity (Wildman–Crippen MR) is 65.3 cm³/mol.